The van der Waals surface area contributed by atoms with Crippen molar-refractivity contribution >= 4 is 50.1 Å². The molecule has 6 heteroatoms. The number of aromatic nitrogens is 2. The normalized spacial score (nSPS) is 11.6. The summed E-state index contributed by atoms with van der Waals surface area (Å²) < 4.78 is 3.46. The van der Waals surface area contributed by atoms with E-state index in [0.717, 1.165) is 9.39 Å². The highest BCUT2D eigenvalue weighted by Gasteiger charge is 2.22. The van der Waals surface area contributed by atoms with Crippen molar-refractivity contribution in [1.82, 2.24) is 9.78 Å². The van der Waals surface area contributed by atoms with Gasteiger partial charge < -0.3 is 5.32 Å². The largest absolute Gasteiger partial charge is 0.322 e. The highest BCUT2D eigenvalue weighted by Crippen LogP contribution is 2.31. The van der Waals surface area contributed by atoms with Crippen molar-refractivity contribution in [2.45, 2.75) is 33.2 Å². The number of amides is 1. The second kappa shape index (κ2) is 4.40. The third-order valence-electron chi connectivity index (χ3n) is 1.72. The number of carbonyl (C=O) groups excluding carboxylic acids is 1. The highest BCUT2D eigenvalue weighted by molar-refractivity contribution is 14.1. The smallest absolute Gasteiger partial charge is 0.221 e. The van der Waals surface area contributed by atoms with Gasteiger partial charge in [-0.05, 0) is 59.3 Å². The predicted octanol–water partition coefficient (Wildman–Crippen LogP) is 2.96. The molecule has 0 saturated heterocycles. The van der Waals surface area contributed by atoms with Crippen molar-refractivity contribution < 1.29 is 4.79 Å². The van der Waals surface area contributed by atoms with Crippen LogP contribution in [0.1, 0.15) is 27.7 Å². The Kier molecular flexibility index (Phi) is 3.80. The Hall–Kier alpha value is -0.110. The maximum absolute atomic E-state index is 11.0. The van der Waals surface area contributed by atoms with Gasteiger partial charge in [-0.15, -0.1) is 0 Å². The van der Waals surface area contributed by atoms with Crippen LogP contribution in [0.15, 0.2) is 4.60 Å². The van der Waals surface area contributed by atoms with E-state index in [1.54, 1.807) is 0 Å². The van der Waals surface area contributed by atoms with Crippen LogP contribution < -0.4 is 5.32 Å². The average Bonchev–Trinajstić information content (AvgIpc) is 2.30. The molecule has 1 rings (SSSR count). The van der Waals surface area contributed by atoms with Crippen molar-refractivity contribution in [2.24, 2.45) is 0 Å². The molecule has 0 unspecified atom stereocenters. The van der Waals surface area contributed by atoms with Gasteiger partial charge in [-0.25, -0.2) is 0 Å². The van der Waals surface area contributed by atoms with Gasteiger partial charge in [0, 0.05) is 6.92 Å². The Morgan fingerprint density at radius 1 is 1.53 bits per heavy atom. The number of halogens is 2. The maximum atomic E-state index is 11.0. The topological polar surface area (TPSA) is 46.9 Å². The molecule has 1 aromatic rings. The number of anilines is 1. The number of hydrogen-bond donors (Lipinski definition) is 1. The first-order valence-electron chi connectivity index (χ1n) is 4.45. The molecule has 0 atom stereocenters. The molecule has 4 nitrogen and oxygen atoms in total. The van der Waals surface area contributed by atoms with Gasteiger partial charge in [-0.1, -0.05) is 0 Å². The van der Waals surface area contributed by atoms with Crippen LogP contribution in [-0.4, -0.2) is 15.7 Å². The van der Waals surface area contributed by atoms with E-state index in [2.05, 4.69) is 69.7 Å². The number of carbonyl (C=O) groups is 1. The van der Waals surface area contributed by atoms with Crippen LogP contribution in [0.4, 0.5) is 5.69 Å². The third-order valence-corrected chi connectivity index (χ3v) is 3.27. The van der Waals surface area contributed by atoms with Gasteiger partial charge in [-0.3, -0.25) is 9.48 Å². The number of nitrogens with one attached hydrogen (secondary N) is 1. The van der Waals surface area contributed by atoms with Crippen molar-refractivity contribution in [2.75, 3.05) is 5.32 Å². The number of nitrogens with zero attached hydrogens (tertiary/aromatic N) is 2. The summed E-state index contributed by atoms with van der Waals surface area (Å²) in [7, 11) is 0. The van der Waals surface area contributed by atoms with E-state index < -0.39 is 0 Å². The van der Waals surface area contributed by atoms with Crippen LogP contribution in [0.2, 0.25) is 0 Å². The maximum Gasteiger partial charge on any atom is 0.221 e. The monoisotopic (exact) mass is 385 g/mol. The Morgan fingerprint density at radius 3 is 2.40 bits per heavy atom. The molecular formula is C9H13BrIN3O. The van der Waals surface area contributed by atoms with Crippen molar-refractivity contribution in [1.29, 1.82) is 0 Å². The first-order valence-corrected chi connectivity index (χ1v) is 6.32. The minimum atomic E-state index is -0.101. The molecule has 15 heavy (non-hydrogen) atoms. The number of rotatable bonds is 1. The summed E-state index contributed by atoms with van der Waals surface area (Å²) in [5, 5.41) is 7.10. The molecule has 0 aromatic carbocycles. The van der Waals surface area contributed by atoms with Gasteiger partial charge >= 0.3 is 0 Å². The molecule has 1 aromatic heterocycles. The lowest BCUT2D eigenvalue weighted by Crippen LogP contribution is -2.24. The molecule has 0 fully saturated rings. The molecule has 0 spiro atoms. The van der Waals surface area contributed by atoms with Crippen LogP contribution in [0.3, 0.4) is 0 Å². The third kappa shape index (κ3) is 2.93. The van der Waals surface area contributed by atoms with E-state index in [-0.39, 0.29) is 11.4 Å². The second-order valence-electron chi connectivity index (χ2n) is 4.22. The van der Waals surface area contributed by atoms with Gasteiger partial charge in [0.2, 0.25) is 5.91 Å². The predicted molar refractivity (Wildman–Crippen MR) is 71.9 cm³/mol. The molecule has 84 valence electrons. The van der Waals surface area contributed by atoms with Gasteiger partial charge in [0.15, 0.2) is 4.60 Å². The second-order valence-corrected chi connectivity index (χ2v) is 5.99. The minimum absolute atomic E-state index is 0.0953. The quantitative estimate of drug-likeness (QED) is 0.755. The summed E-state index contributed by atoms with van der Waals surface area (Å²) in [6.07, 6.45) is 0. The summed E-state index contributed by atoms with van der Waals surface area (Å²) >= 11 is 5.51. The fourth-order valence-electron chi connectivity index (χ4n) is 1.10. The van der Waals surface area contributed by atoms with E-state index in [4.69, 9.17) is 0 Å². The Morgan fingerprint density at radius 2 is 2.07 bits per heavy atom. The molecule has 1 N–H and O–H groups in total. The summed E-state index contributed by atoms with van der Waals surface area (Å²) in [4.78, 5) is 11.0. The van der Waals surface area contributed by atoms with Gasteiger partial charge in [0.05, 0.1) is 5.54 Å². The first-order chi connectivity index (χ1) is 6.73. The zero-order valence-corrected chi connectivity index (χ0v) is 12.8. The van der Waals surface area contributed by atoms with Crippen molar-refractivity contribution in [3.8, 4) is 0 Å². The molecular weight excluding hydrogens is 373 g/mol. The van der Waals surface area contributed by atoms with Crippen molar-refractivity contribution in [3.63, 3.8) is 0 Å². The molecule has 0 aliphatic heterocycles. The lowest BCUT2D eigenvalue weighted by Gasteiger charge is -2.20. The Balaban J connectivity index is 3.21. The molecule has 0 radical (unpaired) electrons. The van der Waals surface area contributed by atoms with Gasteiger partial charge in [-0.2, -0.15) is 5.10 Å². The van der Waals surface area contributed by atoms with E-state index in [1.165, 1.54) is 6.92 Å². The summed E-state index contributed by atoms with van der Waals surface area (Å²) in [6.45, 7) is 7.67. The van der Waals surface area contributed by atoms with Crippen LogP contribution >= 0.6 is 38.5 Å². The SMILES string of the molecule is CC(=O)Nc1c(Br)nn(C(C)(C)C)c1I. The molecule has 1 amide bonds. The van der Waals surface area contributed by atoms with E-state index in [9.17, 15) is 4.79 Å². The summed E-state index contributed by atoms with van der Waals surface area (Å²) in [5.74, 6) is -0.0953. The highest BCUT2D eigenvalue weighted by atomic mass is 127. The van der Waals surface area contributed by atoms with Crippen LogP contribution in [0, 0.1) is 3.70 Å². The lowest BCUT2D eigenvalue weighted by molar-refractivity contribution is -0.114. The summed E-state index contributed by atoms with van der Waals surface area (Å²) in [5.41, 5.74) is 0.633. The van der Waals surface area contributed by atoms with E-state index in [1.807, 2.05) is 4.68 Å². The number of hydrogen-bond acceptors (Lipinski definition) is 2. The molecule has 0 aliphatic rings. The van der Waals surface area contributed by atoms with E-state index >= 15 is 0 Å². The Bertz CT molecular complexity index is 395. The lowest BCUT2D eigenvalue weighted by atomic mass is 10.1. The van der Waals surface area contributed by atoms with Crippen molar-refractivity contribution in [3.05, 3.63) is 8.30 Å². The zero-order valence-electron chi connectivity index (χ0n) is 9.06. The summed E-state index contributed by atoms with van der Waals surface area (Å²) in [6, 6.07) is 0. The average molecular weight is 386 g/mol. The molecule has 0 bridgehead atoms. The zero-order chi connectivity index (χ0) is 11.8. The van der Waals surface area contributed by atoms with E-state index in [0.29, 0.717) is 4.60 Å². The first kappa shape index (κ1) is 13.0. The van der Waals surface area contributed by atoms with Crippen LogP contribution in [0.5, 0.6) is 0 Å². The van der Waals surface area contributed by atoms with Gasteiger partial charge in [0.25, 0.3) is 0 Å². The molecule has 0 aliphatic carbocycles. The minimum Gasteiger partial charge on any atom is -0.322 e. The molecule has 0 saturated carbocycles. The fourth-order valence-corrected chi connectivity index (χ4v) is 3.13. The fraction of sp³-hybridized carbons (Fsp3) is 0.556. The molecule has 1 heterocycles. The Labute approximate surface area is 111 Å². The standard InChI is InChI=1S/C9H13BrIN3O/c1-5(15)12-6-7(10)13-14(8(6)11)9(2,3)4/h1-4H3,(H,12,15). The van der Waals surface area contributed by atoms with Crippen LogP contribution in [-0.2, 0) is 10.3 Å². The van der Waals surface area contributed by atoms with Gasteiger partial charge in [0.1, 0.15) is 9.39 Å². The van der Waals surface area contributed by atoms with Crippen LogP contribution in [0.25, 0.3) is 0 Å².